The lowest BCUT2D eigenvalue weighted by molar-refractivity contribution is 0.0725. The number of ether oxygens (including phenoxy) is 3. The molecule has 0 N–H and O–H groups in total. The summed E-state index contributed by atoms with van der Waals surface area (Å²) in [6.45, 7) is 3.59. The van der Waals surface area contributed by atoms with Gasteiger partial charge in [0, 0.05) is 11.1 Å². The zero-order chi connectivity index (χ0) is 24.6. The van der Waals surface area contributed by atoms with Crippen molar-refractivity contribution in [3.8, 4) is 28.4 Å². The number of carbonyl (C=O) groups is 1. The number of benzene rings is 3. The largest absolute Gasteiger partial charge is 0.491 e. The van der Waals surface area contributed by atoms with Crippen LogP contribution in [0.25, 0.3) is 11.1 Å². The van der Waals surface area contributed by atoms with E-state index in [1.54, 1.807) is 13.8 Å². The Bertz CT molecular complexity index is 1260. The molecule has 1 aliphatic rings. The fourth-order valence-electron chi connectivity index (χ4n) is 3.85. The Labute approximate surface area is 191 Å². The third kappa shape index (κ3) is 3.95. The quantitative estimate of drug-likeness (QED) is 0.222. The van der Waals surface area contributed by atoms with Crippen molar-refractivity contribution < 1.29 is 41.0 Å². The van der Waals surface area contributed by atoms with Crippen molar-refractivity contribution in [3.63, 3.8) is 0 Å². The third-order valence-corrected chi connectivity index (χ3v) is 5.36. The van der Waals surface area contributed by atoms with Crippen molar-refractivity contribution >= 4 is 5.97 Å². The number of alkyl halides is 2. The number of halogens is 5. The van der Waals surface area contributed by atoms with Crippen LogP contribution in [-0.4, -0.2) is 19.2 Å². The van der Waals surface area contributed by atoms with Gasteiger partial charge in [0.15, 0.2) is 47.0 Å². The first kappa shape index (κ1) is 23.5. The summed E-state index contributed by atoms with van der Waals surface area (Å²) in [7, 11) is 0. The van der Waals surface area contributed by atoms with E-state index in [4.69, 9.17) is 14.2 Å². The van der Waals surface area contributed by atoms with E-state index in [1.807, 2.05) is 0 Å². The van der Waals surface area contributed by atoms with Crippen LogP contribution in [0.1, 0.15) is 47.7 Å². The maximum atomic E-state index is 15.2. The summed E-state index contributed by atoms with van der Waals surface area (Å²) >= 11 is 0. The molecule has 4 nitrogen and oxygen atoms in total. The maximum absolute atomic E-state index is 15.2. The van der Waals surface area contributed by atoms with Gasteiger partial charge in [0.05, 0.1) is 18.8 Å². The smallest absolute Gasteiger partial charge is 0.343 e. The van der Waals surface area contributed by atoms with Gasteiger partial charge in [0.2, 0.25) is 0 Å². The van der Waals surface area contributed by atoms with Gasteiger partial charge < -0.3 is 14.2 Å². The molecule has 3 aromatic carbocycles. The van der Waals surface area contributed by atoms with Gasteiger partial charge in [-0.1, -0.05) is 12.1 Å². The minimum Gasteiger partial charge on any atom is -0.491 e. The normalized spacial score (nSPS) is 16.4. The van der Waals surface area contributed by atoms with Crippen LogP contribution in [0.3, 0.4) is 0 Å². The molecule has 0 aromatic heterocycles. The fourth-order valence-corrected chi connectivity index (χ4v) is 3.85. The van der Waals surface area contributed by atoms with Crippen molar-refractivity contribution in [3.05, 3.63) is 76.6 Å². The number of fused-ring (bicyclic) bond motifs is 3. The van der Waals surface area contributed by atoms with Crippen LogP contribution >= 0.6 is 0 Å². The van der Waals surface area contributed by atoms with Gasteiger partial charge in [0.25, 0.3) is 0 Å². The lowest BCUT2D eigenvalue weighted by Crippen LogP contribution is -2.17. The van der Waals surface area contributed by atoms with Crippen molar-refractivity contribution in [2.24, 2.45) is 0 Å². The van der Waals surface area contributed by atoms with Crippen LogP contribution in [0.15, 0.2) is 42.5 Å². The molecule has 1 unspecified atom stereocenters. The van der Waals surface area contributed by atoms with Crippen molar-refractivity contribution in [2.75, 3.05) is 13.2 Å². The molecule has 0 aliphatic heterocycles. The molecule has 4 rings (SSSR count). The fraction of sp³-hybridized carbons (Fsp3) is 0.240. The first-order valence-corrected chi connectivity index (χ1v) is 10.5. The van der Waals surface area contributed by atoms with Gasteiger partial charge in [-0.2, -0.15) is 0 Å². The van der Waals surface area contributed by atoms with E-state index >= 15 is 4.39 Å². The Morgan fingerprint density at radius 2 is 1.26 bits per heavy atom. The summed E-state index contributed by atoms with van der Waals surface area (Å²) < 4.78 is 89.1. The predicted molar refractivity (Wildman–Crippen MR) is 113 cm³/mol. The second-order valence-corrected chi connectivity index (χ2v) is 7.38. The second kappa shape index (κ2) is 9.32. The monoisotopic (exact) mass is 478 g/mol. The Morgan fingerprint density at radius 1 is 0.765 bits per heavy atom. The van der Waals surface area contributed by atoms with Crippen LogP contribution in [-0.2, 0) is 0 Å². The Kier molecular flexibility index (Phi) is 6.45. The van der Waals surface area contributed by atoms with E-state index in [2.05, 4.69) is 0 Å². The molecule has 0 radical (unpaired) electrons. The molecular weight excluding hydrogens is 459 g/mol. The summed E-state index contributed by atoms with van der Waals surface area (Å²) in [4.78, 5) is 12.4. The van der Waals surface area contributed by atoms with E-state index in [0.29, 0.717) is 0 Å². The van der Waals surface area contributed by atoms with E-state index < -0.39 is 52.6 Å². The highest BCUT2D eigenvalue weighted by Gasteiger charge is 2.40. The van der Waals surface area contributed by atoms with Crippen molar-refractivity contribution in [1.82, 2.24) is 0 Å². The Balaban J connectivity index is 1.70. The number of esters is 1. The van der Waals surface area contributed by atoms with Gasteiger partial charge in [-0.3, -0.25) is 0 Å². The molecule has 1 aliphatic carbocycles. The minimum atomic E-state index is -2.56. The van der Waals surface area contributed by atoms with Crippen LogP contribution in [0, 0.1) is 17.5 Å². The van der Waals surface area contributed by atoms with Crippen LogP contribution in [0.2, 0.25) is 0 Å². The topological polar surface area (TPSA) is 44.8 Å². The third-order valence-electron chi connectivity index (χ3n) is 5.36. The van der Waals surface area contributed by atoms with Crippen molar-refractivity contribution in [2.45, 2.75) is 26.2 Å². The summed E-state index contributed by atoms with van der Waals surface area (Å²) in [6.07, 6.45) is -5.07. The molecule has 0 fully saturated rings. The van der Waals surface area contributed by atoms with E-state index in [9.17, 15) is 22.4 Å². The zero-order valence-electron chi connectivity index (χ0n) is 18.1. The summed E-state index contributed by atoms with van der Waals surface area (Å²) in [5.74, 6) is -5.31. The van der Waals surface area contributed by atoms with Gasteiger partial charge in [-0.05, 0) is 55.3 Å². The lowest BCUT2D eigenvalue weighted by Gasteiger charge is -2.28. The molecule has 0 heterocycles. The number of hydrogen-bond acceptors (Lipinski definition) is 4. The highest BCUT2D eigenvalue weighted by molar-refractivity contribution is 5.91. The van der Waals surface area contributed by atoms with Crippen LogP contribution < -0.4 is 14.2 Å². The average molecular weight is 478 g/mol. The van der Waals surface area contributed by atoms with E-state index in [0.717, 1.165) is 12.1 Å². The average Bonchev–Trinajstić information content (AvgIpc) is 2.81. The van der Waals surface area contributed by atoms with Crippen LogP contribution in [0.4, 0.5) is 22.0 Å². The van der Waals surface area contributed by atoms with Gasteiger partial charge >= 0.3 is 5.97 Å². The molecule has 9 heteroatoms. The highest BCUT2D eigenvalue weighted by Crippen LogP contribution is 2.52. The molecule has 0 bridgehead atoms. The Hall–Kier alpha value is -3.62. The highest BCUT2D eigenvalue weighted by atomic mass is 19.2. The molecule has 0 saturated heterocycles. The van der Waals surface area contributed by atoms with E-state index in [1.165, 1.54) is 30.3 Å². The molecule has 0 amide bonds. The van der Waals surface area contributed by atoms with Gasteiger partial charge in [0.1, 0.15) is 0 Å². The molecule has 34 heavy (non-hydrogen) atoms. The van der Waals surface area contributed by atoms with Crippen LogP contribution in [0.5, 0.6) is 17.2 Å². The minimum absolute atomic E-state index is 0.0392. The van der Waals surface area contributed by atoms with Crippen molar-refractivity contribution in [1.29, 1.82) is 0 Å². The van der Waals surface area contributed by atoms with Gasteiger partial charge in [-0.25, -0.2) is 26.7 Å². The Morgan fingerprint density at radius 3 is 1.82 bits per heavy atom. The number of rotatable bonds is 6. The predicted octanol–water partition coefficient (Wildman–Crippen LogP) is 6.82. The maximum Gasteiger partial charge on any atom is 0.343 e. The first-order valence-electron chi connectivity index (χ1n) is 10.5. The zero-order valence-corrected chi connectivity index (χ0v) is 18.1. The number of hydrogen-bond donors (Lipinski definition) is 0. The molecule has 0 saturated carbocycles. The SMILES string of the molecule is CCOc1ccc(C(=O)Oc2ccc3c(c2F)[C@@H](F)C(F)c2c-3ccc(OCC)c2F)cc1F. The van der Waals surface area contributed by atoms with Gasteiger partial charge in [-0.15, -0.1) is 0 Å². The molecule has 0 spiro atoms. The molecular formula is C25H19F5O4. The summed E-state index contributed by atoms with van der Waals surface area (Å²) in [5, 5.41) is 0. The standard InChI is InChI=1S/C25H19F5O4/c1-3-32-16-8-5-12(11-15(16)26)25(31)34-18-10-7-14-13-6-9-17(33-4-2)21(27)19(13)23(29)24(30)20(14)22(18)28/h5-11,23-24H,3-4H2,1-2H3/t23?,24-/m1/s1. The molecule has 178 valence electrons. The van der Waals surface area contributed by atoms with E-state index in [-0.39, 0.29) is 41.4 Å². The lowest BCUT2D eigenvalue weighted by atomic mass is 9.82. The summed E-state index contributed by atoms with van der Waals surface area (Å²) in [5.41, 5.74) is -1.63. The number of carbonyl (C=O) groups excluding carboxylic acids is 1. The molecule has 2 atom stereocenters. The molecule has 3 aromatic rings. The summed E-state index contributed by atoms with van der Waals surface area (Å²) in [6, 6.07) is 8.10. The first-order chi connectivity index (χ1) is 16.3. The second-order valence-electron chi connectivity index (χ2n) is 7.38.